The highest BCUT2D eigenvalue weighted by atomic mass is 16.7. The zero-order chi connectivity index (χ0) is 28.5. The second-order valence-electron chi connectivity index (χ2n) is 8.38. The molecule has 1 heterocycles. The average Bonchev–Trinajstić information content (AvgIpc) is 3.00. The number of benzene rings is 3. The van der Waals surface area contributed by atoms with E-state index in [0.29, 0.717) is 0 Å². The Morgan fingerprint density at radius 3 is 1.48 bits per heavy atom. The molecule has 3 aromatic carbocycles. The van der Waals surface area contributed by atoms with Crippen LogP contribution in [0.4, 0.5) is 0 Å². The first-order chi connectivity index (χ1) is 19.4. The number of methoxy groups -OCH3 is 1. The first-order valence-electron chi connectivity index (χ1n) is 12.0. The van der Waals surface area contributed by atoms with E-state index in [1.807, 2.05) is 0 Å². The zero-order valence-electron chi connectivity index (χ0n) is 21.1. The van der Waals surface area contributed by atoms with Crippen LogP contribution in [0.1, 0.15) is 31.1 Å². The summed E-state index contributed by atoms with van der Waals surface area (Å²) in [5.41, 5.74) is 9.57. The Labute approximate surface area is 228 Å². The Balaban J connectivity index is 1.77. The highest BCUT2D eigenvalue weighted by Gasteiger charge is 2.55. The van der Waals surface area contributed by atoms with E-state index in [0.717, 1.165) is 7.11 Å². The molecule has 12 nitrogen and oxygen atoms in total. The van der Waals surface area contributed by atoms with Crippen LogP contribution in [-0.4, -0.2) is 61.6 Å². The van der Waals surface area contributed by atoms with E-state index in [9.17, 15) is 24.7 Å². The largest absolute Gasteiger partial charge is 0.467 e. The normalized spacial score (nSPS) is 21.7. The standard InChI is InChI=1S/C28H23N3O9/c1-36-28(35)23-21(39-26(33)18-13-7-3-8-14-18)20(38-25(32)17-11-5-2-6-12-17)22(24(37-23)30-31-29)40-27(34)19-15-9-4-10-16-19/h2-16,20-24H,1H3/t20-,21-,22-,23-,24-/m0/s1. The van der Waals surface area contributed by atoms with Crippen LogP contribution in [0.2, 0.25) is 0 Å². The smallest absolute Gasteiger partial charge is 0.339 e. The van der Waals surface area contributed by atoms with E-state index in [1.165, 1.54) is 36.4 Å². The zero-order valence-corrected chi connectivity index (χ0v) is 21.1. The summed E-state index contributed by atoms with van der Waals surface area (Å²) in [6, 6.07) is 23.5. The molecule has 0 radical (unpaired) electrons. The van der Waals surface area contributed by atoms with Crippen molar-refractivity contribution < 1.29 is 42.9 Å². The van der Waals surface area contributed by atoms with Crippen molar-refractivity contribution in [1.82, 2.24) is 0 Å². The van der Waals surface area contributed by atoms with Crippen LogP contribution in [-0.2, 0) is 28.5 Å². The highest BCUT2D eigenvalue weighted by Crippen LogP contribution is 2.32. The summed E-state index contributed by atoms with van der Waals surface area (Å²) in [7, 11) is 1.07. The Kier molecular flexibility index (Phi) is 9.08. The fraction of sp³-hybridized carbons (Fsp3) is 0.214. The fourth-order valence-corrected chi connectivity index (χ4v) is 3.96. The molecule has 5 atom stereocenters. The number of azide groups is 1. The van der Waals surface area contributed by atoms with Crippen LogP contribution in [0, 0.1) is 0 Å². The molecule has 0 bridgehead atoms. The summed E-state index contributed by atoms with van der Waals surface area (Å²) < 4.78 is 27.4. The lowest BCUT2D eigenvalue weighted by molar-refractivity contribution is -0.227. The van der Waals surface area contributed by atoms with Gasteiger partial charge in [-0.25, -0.2) is 19.2 Å². The summed E-state index contributed by atoms with van der Waals surface area (Å²) in [6.07, 6.45) is -8.35. The number of ether oxygens (including phenoxy) is 5. The summed E-state index contributed by atoms with van der Waals surface area (Å²) in [5.74, 6) is -3.67. The third-order valence-electron chi connectivity index (χ3n) is 5.87. The van der Waals surface area contributed by atoms with E-state index in [4.69, 9.17) is 23.7 Å². The van der Waals surface area contributed by atoms with Gasteiger partial charge in [-0.15, -0.1) is 0 Å². The lowest BCUT2D eigenvalue weighted by Gasteiger charge is -2.42. The van der Waals surface area contributed by atoms with Gasteiger partial charge in [-0.2, -0.15) is 0 Å². The molecule has 1 saturated heterocycles. The van der Waals surface area contributed by atoms with Crippen molar-refractivity contribution in [3.8, 4) is 0 Å². The molecular weight excluding hydrogens is 522 g/mol. The fourth-order valence-electron chi connectivity index (χ4n) is 3.96. The molecule has 0 aromatic heterocycles. The van der Waals surface area contributed by atoms with Gasteiger partial charge in [0, 0.05) is 4.91 Å². The number of nitrogens with zero attached hydrogens (tertiary/aromatic N) is 3. The first-order valence-corrected chi connectivity index (χ1v) is 12.0. The molecule has 12 heteroatoms. The highest BCUT2D eigenvalue weighted by molar-refractivity contribution is 5.91. The van der Waals surface area contributed by atoms with Gasteiger partial charge in [0.15, 0.2) is 30.6 Å². The molecule has 3 aromatic rings. The maximum atomic E-state index is 13.2. The molecule has 4 rings (SSSR count). The van der Waals surface area contributed by atoms with Crippen molar-refractivity contribution in [2.24, 2.45) is 5.11 Å². The number of carbonyl (C=O) groups excluding carboxylic acids is 4. The SMILES string of the molecule is COC(=O)[C@H]1O[C@H](N=[N+]=[N-])[C@@H](OC(=O)c2ccccc2)[C@@H](OC(=O)c2ccccc2)[C@@H]1OC(=O)c1ccccc1. The molecule has 1 aliphatic rings. The van der Waals surface area contributed by atoms with Crippen LogP contribution >= 0.6 is 0 Å². The minimum atomic E-state index is -1.71. The van der Waals surface area contributed by atoms with E-state index in [-0.39, 0.29) is 16.7 Å². The lowest BCUT2D eigenvalue weighted by atomic mass is 9.96. The molecule has 1 fully saturated rings. The summed E-state index contributed by atoms with van der Waals surface area (Å²) >= 11 is 0. The number of esters is 4. The molecular formula is C28H23N3O9. The van der Waals surface area contributed by atoms with E-state index >= 15 is 0 Å². The Hall–Kier alpha value is -5.19. The molecule has 204 valence electrons. The van der Waals surface area contributed by atoms with Gasteiger partial charge in [0.1, 0.15) is 0 Å². The van der Waals surface area contributed by atoms with Gasteiger partial charge in [-0.05, 0) is 41.9 Å². The molecule has 1 aliphatic heterocycles. The number of carbonyl (C=O) groups is 4. The van der Waals surface area contributed by atoms with Gasteiger partial charge in [0.25, 0.3) is 0 Å². The number of hydrogen-bond donors (Lipinski definition) is 0. The minimum Gasteiger partial charge on any atom is -0.467 e. The lowest BCUT2D eigenvalue weighted by Crippen LogP contribution is -2.63. The topological polar surface area (TPSA) is 163 Å². The molecule has 0 amide bonds. The van der Waals surface area contributed by atoms with Gasteiger partial charge in [0.05, 0.1) is 23.8 Å². The van der Waals surface area contributed by atoms with Crippen LogP contribution in [0.25, 0.3) is 10.4 Å². The molecule has 0 aliphatic carbocycles. The van der Waals surface area contributed by atoms with Crippen molar-refractivity contribution in [3.05, 3.63) is 118 Å². The molecule has 0 spiro atoms. The minimum absolute atomic E-state index is 0.116. The molecule has 0 unspecified atom stereocenters. The average molecular weight is 546 g/mol. The molecule has 0 N–H and O–H groups in total. The summed E-state index contributed by atoms with van der Waals surface area (Å²) in [5, 5.41) is 3.52. The summed E-state index contributed by atoms with van der Waals surface area (Å²) in [4.78, 5) is 54.8. The predicted molar refractivity (Wildman–Crippen MR) is 137 cm³/mol. The second-order valence-corrected chi connectivity index (χ2v) is 8.38. The monoisotopic (exact) mass is 545 g/mol. The van der Waals surface area contributed by atoms with E-state index in [2.05, 4.69) is 10.0 Å². The van der Waals surface area contributed by atoms with Gasteiger partial charge < -0.3 is 23.7 Å². The van der Waals surface area contributed by atoms with E-state index < -0.39 is 54.5 Å². The van der Waals surface area contributed by atoms with Crippen LogP contribution in [0.3, 0.4) is 0 Å². The second kappa shape index (κ2) is 13.1. The number of rotatable bonds is 8. The molecule has 40 heavy (non-hydrogen) atoms. The van der Waals surface area contributed by atoms with Crippen molar-refractivity contribution in [3.63, 3.8) is 0 Å². The Morgan fingerprint density at radius 1 is 0.675 bits per heavy atom. The maximum absolute atomic E-state index is 13.2. The van der Waals surface area contributed by atoms with Gasteiger partial charge in [-0.3, -0.25) is 0 Å². The van der Waals surface area contributed by atoms with Gasteiger partial charge in [-0.1, -0.05) is 59.7 Å². The maximum Gasteiger partial charge on any atom is 0.339 e. The Morgan fingerprint density at radius 2 is 1.07 bits per heavy atom. The number of hydrogen-bond acceptors (Lipinski definition) is 10. The van der Waals surface area contributed by atoms with Gasteiger partial charge in [0.2, 0.25) is 0 Å². The predicted octanol–water partition coefficient (Wildman–Crippen LogP) is 3.87. The van der Waals surface area contributed by atoms with Crippen LogP contribution in [0.15, 0.2) is 96.1 Å². The van der Waals surface area contributed by atoms with Gasteiger partial charge >= 0.3 is 23.9 Å². The Bertz CT molecular complexity index is 1400. The third kappa shape index (κ3) is 6.44. The van der Waals surface area contributed by atoms with Crippen LogP contribution in [0.5, 0.6) is 0 Å². The molecule has 0 saturated carbocycles. The van der Waals surface area contributed by atoms with E-state index in [1.54, 1.807) is 54.6 Å². The van der Waals surface area contributed by atoms with Crippen molar-refractivity contribution in [2.45, 2.75) is 30.6 Å². The van der Waals surface area contributed by atoms with Crippen molar-refractivity contribution >= 4 is 23.9 Å². The van der Waals surface area contributed by atoms with Crippen molar-refractivity contribution in [2.75, 3.05) is 7.11 Å². The third-order valence-corrected chi connectivity index (χ3v) is 5.87. The quantitative estimate of drug-likeness (QED) is 0.134. The first kappa shape index (κ1) is 27.8. The van der Waals surface area contributed by atoms with Crippen LogP contribution < -0.4 is 0 Å². The van der Waals surface area contributed by atoms with Crippen molar-refractivity contribution in [1.29, 1.82) is 0 Å². The summed E-state index contributed by atoms with van der Waals surface area (Å²) in [6.45, 7) is 0.